The van der Waals surface area contributed by atoms with Crippen LogP contribution >= 0.6 is 23.4 Å². The molecule has 6 nitrogen and oxygen atoms in total. The highest BCUT2D eigenvalue weighted by atomic mass is 35.5. The van der Waals surface area contributed by atoms with Gasteiger partial charge in [-0.15, -0.1) is 5.10 Å². The van der Waals surface area contributed by atoms with Crippen molar-refractivity contribution >= 4 is 23.4 Å². The van der Waals surface area contributed by atoms with Gasteiger partial charge in [-0.2, -0.15) is 9.90 Å². The first-order valence-electron chi connectivity index (χ1n) is 6.51. The predicted octanol–water partition coefficient (Wildman–Crippen LogP) is 1.82. The van der Waals surface area contributed by atoms with Gasteiger partial charge in [-0.3, -0.25) is 4.79 Å². The molecule has 20 heavy (non-hydrogen) atoms. The molecule has 0 aromatic carbocycles. The first kappa shape index (κ1) is 13.6. The number of nitrogens with zero attached hydrogens (tertiary/aromatic N) is 4. The highest BCUT2D eigenvalue weighted by molar-refractivity contribution is 7.98. The molecule has 2 aromatic heterocycles. The molecule has 0 aliphatic heterocycles. The lowest BCUT2D eigenvalue weighted by Crippen LogP contribution is -2.14. The van der Waals surface area contributed by atoms with Crippen molar-refractivity contribution in [2.24, 2.45) is 0 Å². The molecule has 0 radical (unpaired) electrons. The Labute approximate surface area is 124 Å². The number of hydrogen-bond donors (Lipinski definition) is 1. The zero-order chi connectivity index (χ0) is 14.1. The number of aromatic amines is 1. The maximum absolute atomic E-state index is 11.9. The molecule has 0 amide bonds. The third kappa shape index (κ3) is 2.60. The normalized spacial score (nSPS) is 13.7. The third-order valence-corrected chi connectivity index (χ3v) is 4.40. The fourth-order valence-electron chi connectivity index (χ4n) is 2.22. The van der Waals surface area contributed by atoms with Gasteiger partial charge in [0.05, 0.1) is 12.2 Å². The van der Waals surface area contributed by atoms with Crippen molar-refractivity contribution in [1.29, 1.82) is 0 Å². The van der Waals surface area contributed by atoms with Gasteiger partial charge in [0.2, 0.25) is 0 Å². The van der Waals surface area contributed by atoms with Crippen LogP contribution in [0, 0.1) is 0 Å². The van der Waals surface area contributed by atoms with E-state index >= 15 is 0 Å². The lowest BCUT2D eigenvalue weighted by Gasteiger charge is -2.02. The summed E-state index contributed by atoms with van der Waals surface area (Å²) in [5.74, 6) is 0.542. The van der Waals surface area contributed by atoms with E-state index in [1.165, 1.54) is 11.8 Å². The molecule has 0 atom stereocenters. The fourth-order valence-corrected chi connectivity index (χ4v) is 3.29. The summed E-state index contributed by atoms with van der Waals surface area (Å²) in [6.07, 6.45) is 2.73. The molecule has 0 saturated carbocycles. The van der Waals surface area contributed by atoms with Crippen LogP contribution in [0.15, 0.2) is 9.95 Å². The molecule has 2 heterocycles. The van der Waals surface area contributed by atoms with E-state index in [0.717, 1.165) is 30.5 Å². The zero-order valence-electron chi connectivity index (χ0n) is 11.0. The number of halogens is 1. The average Bonchev–Trinajstić information content (AvgIpc) is 3.03. The number of fused-ring (bicyclic) bond motifs is 1. The Morgan fingerprint density at radius 2 is 2.25 bits per heavy atom. The van der Waals surface area contributed by atoms with Crippen molar-refractivity contribution in [2.45, 2.75) is 43.6 Å². The smallest absolute Gasteiger partial charge is 0.254 e. The minimum Gasteiger partial charge on any atom is -0.301 e. The summed E-state index contributed by atoms with van der Waals surface area (Å²) in [7, 11) is 0. The maximum Gasteiger partial charge on any atom is 0.254 e. The minimum absolute atomic E-state index is 0.0155. The molecule has 8 heteroatoms. The van der Waals surface area contributed by atoms with Crippen molar-refractivity contribution in [1.82, 2.24) is 25.0 Å². The quantitative estimate of drug-likeness (QED) is 0.688. The Morgan fingerprint density at radius 3 is 3.00 bits per heavy atom. The van der Waals surface area contributed by atoms with Crippen molar-refractivity contribution in [3.05, 3.63) is 32.5 Å². The number of aromatic nitrogens is 5. The highest BCUT2D eigenvalue weighted by Gasteiger charge is 2.17. The van der Waals surface area contributed by atoms with Crippen molar-refractivity contribution < 1.29 is 0 Å². The predicted molar refractivity (Wildman–Crippen MR) is 77.1 cm³/mol. The van der Waals surface area contributed by atoms with Gasteiger partial charge in [-0.05, 0) is 26.2 Å². The van der Waals surface area contributed by atoms with Crippen LogP contribution in [0.25, 0.3) is 0 Å². The summed E-state index contributed by atoms with van der Waals surface area (Å²) in [6, 6.07) is 0. The molecule has 0 fully saturated rings. The molecule has 0 unspecified atom stereocenters. The second-order valence-electron chi connectivity index (χ2n) is 4.56. The molecule has 1 aliphatic rings. The van der Waals surface area contributed by atoms with Crippen LogP contribution in [0.1, 0.15) is 30.3 Å². The number of nitrogens with one attached hydrogen (secondary N) is 1. The second-order valence-corrected chi connectivity index (χ2v) is 5.89. The van der Waals surface area contributed by atoms with Crippen LogP contribution in [0.2, 0.25) is 5.15 Å². The molecule has 2 aromatic rings. The molecule has 1 aliphatic carbocycles. The number of thioether (sulfide) groups is 1. The SMILES string of the molecule is CCn1nc(Cl)c(CSc2nc3c(c(=O)[nH]2)CCC3)n1. The molecular formula is C12H14ClN5OS. The molecule has 0 saturated heterocycles. The summed E-state index contributed by atoms with van der Waals surface area (Å²) in [5.41, 5.74) is 2.46. The van der Waals surface area contributed by atoms with E-state index in [0.29, 0.717) is 28.3 Å². The zero-order valence-corrected chi connectivity index (χ0v) is 12.6. The average molecular weight is 312 g/mol. The van der Waals surface area contributed by atoms with Crippen LogP contribution in [-0.4, -0.2) is 25.0 Å². The maximum atomic E-state index is 11.9. The summed E-state index contributed by atoms with van der Waals surface area (Å²) >= 11 is 7.44. The number of hydrogen-bond acceptors (Lipinski definition) is 5. The minimum atomic E-state index is -0.0155. The van der Waals surface area contributed by atoms with E-state index in [2.05, 4.69) is 20.2 Å². The van der Waals surface area contributed by atoms with Crippen LogP contribution in [0.4, 0.5) is 0 Å². The first-order chi connectivity index (χ1) is 9.67. The third-order valence-electron chi connectivity index (χ3n) is 3.23. The van der Waals surface area contributed by atoms with E-state index in [1.807, 2.05) is 6.92 Å². The summed E-state index contributed by atoms with van der Waals surface area (Å²) < 4.78 is 0. The Bertz CT molecular complexity index is 696. The van der Waals surface area contributed by atoms with Crippen molar-refractivity contribution in [2.75, 3.05) is 0 Å². The molecule has 0 spiro atoms. The molecule has 3 rings (SSSR count). The van der Waals surface area contributed by atoms with Crippen LogP contribution < -0.4 is 5.56 Å². The van der Waals surface area contributed by atoms with Gasteiger partial charge in [0.15, 0.2) is 10.3 Å². The van der Waals surface area contributed by atoms with Crippen molar-refractivity contribution in [3.8, 4) is 0 Å². The van der Waals surface area contributed by atoms with Crippen LogP contribution in [0.5, 0.6) is 0 Å². The Balaban J connectivity index is 1.77. The van der Waals surface area contributed by atoms with E-state index < -0.39 is 0 Å². The van der Waals surface area contributed by atoms with Crippen LogP contribution in [-0.2, 0) is 25.1 Å². The van der Waals surface area contributed by atoms with E-state index in [-0.39, 0.29) is 5.56 Å². The van der Waals surface area contributed by atoms with Crippen LogP contribution in [0.3, 0.4) is 0 Å². The Hall–Kier alpha value is -1.34. The number of aryl methyl sites for hydroxylation is 2. The number of rotatable bonds is 4. The topological polar surface area (TPSA) is 76.5 Å². The lowest BCUT2D eigenvalue weighted by atomic mass is 10.3. The fraction of sp³-hybridized carbons (Fsp3) is 0.500. The van der Waals surface area contributed by atoms with Gasteiger partial charge in [0.1, 0.15) is 5.69 Å². The monoisotopic (exact) mass is 311 g/mol. The van der Waals surface area contributed by atoms with Gasteiger partial charge in [0.25, 0.3) is 5.56 Å². The van der Waals surface area contributed by atoms with E-state index in [4.69, 9.17) is 11.6 Å². The summed E-state index contributed by atoms with van der Waals surface area (Å²) in [5, 5.41) is 9.38. The van der Waals surface area contributed by atoms with Crippen molar-refractivity contribution in [3.63, 3.8) is 0 Å². The van der Waals surface area contributed by atoms with E-state index in [9.17, 15) is 4.79 Å². The standard InChI is InChI=1S/C12H14ClN5OS/c1-2-18-16-9(10(13)17-18)6-20-12-14-8-5-3-4-7(8)11(19)15-12/h2-6H2,1H3,(H,14,15,19). The second kappa shape index (κ2) is 5.57. The Morgan fingerprint density at radius 1 is 1.40 bits per heavy atom. The van der Waals surface area contributed by atoms with Gasteiger partial charge in [-0.25, -0.2) is 4.98 Å². The first-order valence-corrected chi connectivity index (χ1v) is 7.88. The number of H-pyrrole nitrogens is 1. The molecular weight excluding hydrogens is 298 g/mol. The summed E-state index contributed by atoms with van der Waals surface area (Å²) in [6.45, 7) is 2.63. The Kier molecular flexibility index (Phi) is 3.80. The summed E-state index contributed by atoms with van der Waals surface area (Å²) in [4.78, 5) is 20.8. The van der Waals surface area contributed by atoms with Gasteiger partial charge >= 0.3 is 0 Å². The van der Waals surface area contributed by atoms with Gasteiger partial charge in [0, 0.05) is 11.3 Å². The van der Waals surface area contributed by atoms with Gasteiger partial charge < -0.3 is 4.98 Å². The lowest BCUT2D eigenvalue weighted by molar-refractivity contribution is 0.566. The van der Waals surface area contributed by atoms with Gasteiger partial charge in [-0.1, -0.05) is 23.4 Å². The van der Waals surface area contributed by atoms with E-state index in [1.54, 1.807) is 4.80 Å². The molecule has 1 N–H and O–H groups in total. The molecule has 0 bridgehead atoms. The molecule has 106 valence electrons. The highest BCUT2D eigenvalue weighted by Crippen LogP contribution is 2.23. The largest absolute Gasteiger partial charge is 0.301 e.